The van der Waals surface area contributed by atoms with E-state index in [-0.39, 0.29) is 6.42 Å². The molecule has 0 spiro atoms. The molecule has 2 aromatic carbocycles. The minimum Gasteiger partial charge on any atom is -0.467 e. The molecular formula is C17H12BrClF3NO3. The smallest absolute Gasteiger partial charge is 0.328 e. The molecule has 1 N–H and O–H groups in total. The maximum Gasteiger partial charge on any atom is 0.328 e. The summed E-state index contributed by atoms with van der Waals surface area (Å²) in [6.07, 6.45) is -0.0516. The zero-order valence-corrected chi connectivity index (χ0v) is 15.6. The van der Waals surface area contributed by atoms with Crippen LogP contribution in [0, 0.1) is 17.5 Å². The Morgan fingerprint density at radius 3 is 2.38 bits per heavy atom. The van der Waals surface area contributed by atoms with E-state index < -0.39 is 40.9 Å². The van der Waals surface area contributed by atoms with Crippen LogP contribution in [-0.2, 0) is 16.0 Å². The molecule has 0 radical (unpaired) electrons. The Hall–Kier alpha value is -2.06. The van der Waals surface area contributed by atoms with Crippen molar-refractivity contribution in [2.75, 3.05) is 7.11 Å². The van der Waals surface area contributed by atoms with Crippen LogP contribution >= 0.6 is 27.5 Å². The molecule has 2 rings (SSSR count). The van der Waals surface area contributed by atoms with Gasteiger partial charge in [0.1, 0.15) is 29.1 Å². The van der Waals surface area contributed by atoms with Gasteiger partial charge in [0.25, 0.3) is 5.91 Å². The first-order valence-corrected chi connectivity index (χ1v) is 8.37. The van der Waals surface area contributed by atoms with Crippen LogP contribution in [0.4, 0.5) is 13.2 Å². The zero-order chi connectivity index (χ0) is 19.4. The molecule has 0 fully saturated rings. The van der Waals surface area contributed by atoms with Crippen molar-refractivity contribution in [2.45, 2.75) is 12.5 Å². The molecule has 0 aliphatic carbocycles. The second kappa shape index (κ2) is 8.55. The number of methoxy groups -OCH3 is 1. The van der Waals surface area contributed by atoms with Crippen molar-refractivity contribution in [3.8, 4) is 0 Å². The molecule has 4 nitrogen and oxygen atoms in total. The third kappa shape index (κ3) is 4.76. The summed E-state index contributed by atoms with van der Waals surface area (Å²) in [6.45, 7) is 0. The molecule has 0 saturated heterocycles. The number of rotatable bonds is 5. The third-order valence-electron chi connectivity index (χ3n) is 3.46. The molecule has 9 heteroatoms. The number of nitrogens with one attached hydrogen (secondary N) is 1. The van der Waals surface area contributed by atoms with Crippen molar-refractivity contribution < 1.29 is 27.5 Å². The van der Waals surface area contributed by atoms with Crippen LogP contribution in [0.2, 0.25) is 5.02 Å². The van der Waals surface area contributed by atoms with Crippen molar-refractivity contribution in [2.24, 2.45) is 0 Å². The molecule has 0 bridgehead atoms. The molecule has 1 amide bonds. The Bertz CT molecular complexity index is 840. The van der Waals surface area contributed by atoms with Gasteiger partial charge in [-0.05, 0) is 23.8 Å². The highest BCUT2D eigenvalue weighted by atomic mass is 79.9. The molecular weight excluding hydrogens is 439 g/mol. The van der Waals surface area contributed by atoms with Gasteiger partial charge in [0, 0.05) is 28.0 Å². The van der Waals surface area contributed by atoms with Crippen molar-refractivity contribution in [1.29, 1.82) is 0 Å². The molecule has 0 aliphatic rings. The second-order valence-corrected chi connectivity index (χ2v) is 6.52. The minimum atomic E-state index is -1.38. The number of carbonyl (C=O) groups is 2. The van der Waals surface area contributed by atoms with Crippen LogP contribution in [0.25, 0.3) is 0 Å². The van der Waals surface area contributed by atoms with Crippen molar-refractivity contribution in [3.63, 3.8) is 0 Å². The van der Waals surface area contributed by atoms with E-state index in [4.69, 9.17) is 11.6 Å². The van der Waals surface area contributed by atoms with Crippen molar-refractivity contribution in [1.82, 2.24) is 5.32 Å². The van der Waals surface area contributed by atoms with Crippen LogP contribution in [0.1, 0.15) is 15.9 Å². The number of hydrogen-bond donors (Lipinski definition) is 1. The van der Waals surface area contributed by atoms with E-state index in [0.29, 0.717) is 27.2 Å². The fraction of sp³-hybridized carbons (Fsp3) is 0.176. The van der Waals surface area contributed by atoms with Gasteiger partial charge in [-0.15, -0.1) is 0 Å². The summed E-state index contributed by atoms with van der Waals surface area (Å²) in [7, 11) is 1.10. The second-order valence-electron chi connectivity index (χ2n) is 5.23. The zero-order valence-electron chi connectivity index (χ0n) is 13.3. The van der Waals surface area contributed by atoms with E-state index in [2.05, 4.69) is 26.0 Å². The van der Waals surface area contributed by atoms with Gasteiger partial charge in [0.2, 0.25) is 0 Å². The molecule has 0 unspecified atom stereocenters. The number of carbonyl (C=O) groups excluding carboxylic acids is 2. The average Bonchev–Trinajstić information content (AvgIpc) is 2.55. The van der Waals surface area contributed by atoms with Gasteiger partial charge in [-0.3, -0.25) is 4.79 Å². The van der Waals surface area contributed by atoms with Crippen LogP contribution in [0.15, 0.2) is 34.8 Å². The van der Waals surface area contributed by atoms with Gasteiger partial charge in [0.15, 0.2) is 0 Å². The molecule has 2 aromatic rings. The van der Waals surface area contributed by atoms with Gasteiger partial charge in [-0.25, -0.2) is 18.0 Å². The first kappa shape index (κ1) is 20.3. The van der Waals surface area contributed by atoms with Crippen molar-refractivity contribution >= 4 is 39.4 Å². The summed E-state index contributed by atoms with van der Waals surface area (Å²) in [5.74, 6) is -5.97. The van der Waals surface area contributed by atoms with Gasteiger partial charge in [0.05, 0.1) is 7.11 Å². The lowest BCUT2D eigenvalue weighted by Gasteiger charge is -2.18. The van der Waals surface area contributed by atoms with E-state index in [9.17, 15) is 22.8 Å². The van der Waals surface area contributed by atoms with Crippen molar-refractivity contribution in [3.05, 3.63) is 68.4 Å². The van der Waals surface area contributed by atoms with E-state index in [1.165, 1.54) is 0 Å². The number of amides is 1. The molecule has 0 saturated carbocycles. The number of esters is 1. The molecule has 0 aliphatic heterocycles. The quantitative estimate of drug-likeness (QED) is 0.700. The maximum atomic E-state index is 13.8. The summed E-state index contributed by atoms with van der Waals surface area (Å²) in [4.78, 5) is 24.2. The minimum absolute atomic E-state index is 0.0516. The number of ether oxygens (including phenoxy) is 1. The predicted molar refractivity (Wildman–Crippen MR) is 92.4 cm³/mol. The summed E-state index contributed by atoms with van der Waals surface area (Å²) in [6, 6.07) is 4.33. The Labute approximate surface area is 160 Å². The van der Waals surface area contributed by atoms with E-state index >= 15 is 0 Å². The fourth-order valence-electron chi connectivity index (χ4n) is 2.24. The normalized spacial score (nSPS) is 11.8. The highest BCUT2D eigenvalue weighted by molar-refractivity contribution is 9.10. The van der Waals surface area contributed by atoms with Crippen LogP contribution in [0.5, 0.6) is 0 Å². The summed E-state index contributed by atoms with van der Waals surface area (Å²) >= 11 is 9.20. The van der Waals surface area contributed by atoms with Gasteiger partial charge in [-0.2, -0.15) is 0 Å². The summed E-state index contributed by atoms with van der Waals surface area (Å²) < 4.78 is 45.7. The Morgan fingerprint density at radius 2 is 1.81 bits per heavy atom. The molecule has 0 heterocycles. The monoisotopic (exact) mass is 449 g/mol. The Balaban J connectivity index is 2.30. The lowest BCUT2D eigenvalue weighted by atomic mass is 10.0. The van der Waals surface area contributed by atoms with E-state index in [1.807, 2.05) is 0 Å². The summed E-state index contributed by atoms with van der Waals surface area (Å²) in [5.41, 5.74) is -0.432. The SMILES string of the molecule is COC(=O)[C@H](Cc1cc(Cl)ccc1Br)NC(=O)c1c(F)cc(F)cc1F. The largest absolute Gasteiger partial charge is 0.467 e. The Morgan fingerprint density at radius 1 is 1.19 bits per heavy atom. The van der Waals surface area contributed by atoms with Gasteiger partial charge < -0.3 is 10.1 Å². The average molecular weight is 451 g/mol. The lowest BCUT2D eigenvalue weighted by Crippen LogP contribution is -2.43. The van der Waals surface area contributed by atoms with E-state index in [0.717, 1.165) is 7.11 Å². The van der Waals surface area contributed by atoms with Gasteiger partial charge >= 0.3 is 5.97 Å². The first-order valence-electron chi connectivity index (χ1n) is 7.20. The molecule has 26 heavy (non-hydrogen) atoms. The fourth-order valence-corrected chi connectivity index (χ4v) is 2.85. The van der Waals surface area contributed by atoms with Crippen LogP contribution < -0.4 is 5.32 Å². The topological polar surface area (TPSA) is 55.4 Å². The molecule has 0 aromatic heterocycles. The first-order chi connectivity index (χ1) is 12.2. The highest BCUT2D eigenvalue weighted by Crippen LogP contribution is 2.23. The van der Waals surface area contributed by atoms with Gasteiger partial charge in [-0.1, -0.05) is 27.5 Å². The number of benzene rings is 2. The standard InChI is InChI=1S/C17H12BrClF3NO3/c1-26-17(25)14(5-8-4-9(19)2-3-11(8)18)23-16(24)15-12(21)6-10(20)7-13(15)22/h2-4,6-7,14H,5H2,1H3,(H,23,24)/t14-/m0/s1. The highest BCUT2D eigenvalue weighted by Gasteiger charge is 2.27. The Kier molecular flexibility index (Phi) is 6.66. The van der Waals surface area contributed by atoms with Crippen LogP contribution in [-0.4, -0.2) is 25.0 Å². The lowest BCUT2D eigenvalue weighted by molar-refractivity contribution is -0.142. The van der Waals surface area contributed by atoms with Crippen LogP contribution in [0.3, 0.4) is 0 Å². The molecule has 1 atom stereocenters. The predicted octanol–water partition coefficient (Wildman–Crippen LogP) is 4.03. The van der Waals surface area contributed by atoms with E-state index in [1.54, 1.807) is 18.2 Å². The maximum absolute atomic E-state index is 13.8. The number of halogens is 5. The molecule has 138 valence electrons. The summed E-state index contributed by atoms with van der Waals surface area (Å²) in [5, 5.41) is 2.60. The third-order valence-corrected chi connectivity index (χ3v) is 4.47. The number of hydrogen-bond acceptors (Lipinski definition) is 3.